The maximum atomic E-state index is 12.1. The predicted octanol–water partition coefficient (Wildman–Crippen LogP) is 3.69. The molecule has 0 unspecified atom stereocenters. The van der Waals surface area contributed by atoms with E-state index < -0.39 is 12.8 Å². The average Bonchev–Trinajstić information content (AvgIpc) is 2.37. The molecule has 0 aliphatic rings. The lowest BCUT2D eigenvalue weighted by molar-refractivity contribution is -0.153. The zero-order valence-corrected chi connectivity index (χ0v) is 9.32. The van der Waals surface area contributed by atoms with Crippen LogP contribution in [0.3, 0.4) is 0 Å². The first-order valence-corrected chi connectivity index (χ1v) is 5.26. The van der Waals surface area contributed by atoms with Gasteiger partial charge in [0.2, 0.25) is 0 Å². The summed E-state index contributed by atoms with van der Waals surface area (Å²) in [6.07, 6.45) is -2.84. The first-order chi connectivity index (χ1) is 8.56. The molecule has 0 amide bonds. The van der Waals surface area contributed by atoms with Crippen LogP contribution in [-0.4, -0.2) is 17.8 Å². The van der Waals surface area contributed by atoms with Crippen LogP contribution in [-0.2, 0) is 0 Å². The molecule has 0 aliphatic heterocycles. The third-order valence-electron chi connectivity index (χ3n) is 2.21. The predicted molar refractivity (Wildman–Crippen MR) is 61.2 cm³/mol. The molecule has 0 saturated carbocycles. The van der Waals surface area contributed by atoms with E-state index in [4.69, 9.17) is 4.74 Å². The quantitative estimate of drug-likeness (QED) is 0.832. The molecule has 0 N–H and O–H groups in total. The summed E-state index contributed by atoms with van der Waals surface area (Å²) in [5.74, 6) is 0.126. The summed E-state index contributed by atoms with van der Waals surface area (Å²) < 4.78 is 41.2. The van der Waals surface area contributed by atoms with Crippen molar-refractivity contribution in [3.8, 4) is 17.0 Å². The van der Waals surface area contributed by atoms with Gasteiger partial charge in [-0.2, -0.15) is 13.2 Å². The van der Waals surface area contributed by atoms with Crippen molar-refractivity contribution in [2.45, 2.75) is 6.18 Å². The molecule has 5 heteroatoms. The van der Waals surface area contributed by atoms with Gasteiger partial charge in [0.25, 0.3) is 0 Å². The van der Waals surface area contributed by atoms with Crippen molar-refractivity contribution in [3.05, 3.63) is 48.7 Å². The van der Waals surface area contributed by atoms with Gasteiger partial charge in [0.05, 0.1) is 0 Å². The van der Waals surface area contributed by atoms with Crippen molar-refractivity contribution in [1.82, 2.24) is 4.98 Å². The van der Waals surface area contributed by atoms with Crippen molar-refractivity contribution < 1.29 is 17.9 Å². The third kappa shape index (κ3) is 3.23. The van der Waals surface area contributed by atoms with Gasteiger partial charge < -0.3 is 4.74 Å². The van der Waals surface area contributed by atoms with E-state index in [0.29, 0.717) is 5.69 Å². The summed E-state index contributed by atoms with van der Waals surface area (Å²) in [5, 5.41) is 0. The van der Waals surface area contributed by atoms with Gasteiger partial charge >= 0.3 is 6.18 Å². The molecule has 0 fully saturated rings. The van der Waals surface area contributed by atoms with E-state index >= 15 is 0 Å². The standard InChI is InChI=1S/C13H10F3NO/c14-13(15,16)9-18-11-7-4-8-17-12(11)10-5-2-1-3-6-10/h1-8H,9H2. The fraction of sp³-hybridized carbons (Fsp3) is 0.154. The Kier molecular flexibility index (Phi) is 3.50. The molecule has 1 aromatic carbocycles. The van der Waals surface area contributed by atoms with E-state index in [1.165, 1.54) is 18.3 Å². The topological polar surface area (TPSA) is 22.1 Å². The molecule has 1 aromatic heterocycles. The van der Waals surface area contributed by atoms with Crippen LogP contribution < -0.4 is 4.74 Å². The molecule has 0 aliphatic carbocycles. The number of hydrogen-bond donors (Lipinski definition) is 0. The Bertz CT molecular complexity index is 511. The lowest BCUT2D eigenvalue weighted by Gasteiger charge is -2.12. The number of pyridine rings is 1. The molecule has 0 saturated heterocycles. The SMILES string of the molecule is FC(F)(F)COc1cccnc1-c1ccccc1. The Labute approximate surface area is 102 Å². The molecule has 2 rings (SSSR count). The van der Waals surface area contributed by atoms with Crippen LogP contribution in [0.4, 0.5) is 13.2 Å². The van der Waals surface area contributed by atoms with Gasteiger partial charge in [-0.15, -0.1) is 0 Å². The summed E-state index contributed by atoms with van der Waals surface area (Å²) in [6, 6.07) is 11.9. The minimum atomic E-state index is -4.36. The van der Waals surface area contributed by atoms with E-state index in [1.54, 1.807) is 24.3 Å². The number of ether oxygens (including phenoxy) is 1. The summed E-state index contributed by atoms with van der Waals surface area (Å²) in [4.78, 5) is 4.06. The van der Waals surface area contributed by atoms with Gasteiger partial charge in [0, 0.05) is 11.8 Å². The Hall–Kier alpha value is -2.04. The van der Waals surface area contributed by atoms with E-state index in [-0.39, 0.29) is 5.75 Å². The Morgan fingerprint density at radius 3 is 2.39 bits per heavy atom. The van der Waals surface area contributed by atoms with Gasteiger partial charge in [-0.1, -0.05) is 30.3 Å². The number of alkyl halides is 3. The number of benzene rings is 1. The van der Waals surface area contributed by atoms with Crippen LogP contribution in [0.2, 0.25) is 0 Å². The normalized spacial score (nSPS) is 11.3. The van der Waals surface area contributed by atoms with Crippen molar-refractivity contribution in [3.63, 3.8) is 0 Å². The zero-order chi connectivity index (χ0) is 13.0. The molecule has 0 spiro atoms. The number of halogens is 3. The molecule has 0 radical (unpaired) electrons. The average molecular weight is 253 g/mol. The van der Waals surface area contributed by atoms with Gasteiger partial charge in [-0.3, -0.25) is 4.98 Å². The summed E-state index contributed by atoms with van der Waals surface area (Å²) in [5.41, 5.74) is 1.12. The number of rotatable bonds is 3. The lowest BCUT2D eigenvalue weighted by Crippen LogP contribution is -2.19. The van der Waals surface area contributed by atoms with Crippen LogP contribution in [0.25, 0.3) is 11.3 Å². The van der Waals surface area contributed by atoms with Crippen LogP contribution in [0.1, 0.15) is 0 Å². The Morgan fingerprint density at radius 1 is 1.00 bits per heavy atom. The fourth-order valence-corrected chi connectivity index (χ4v) is 1.48. The highest BCUT2D eigenvalue weighted by atomic mass is 19.4. The van der Waals surface area contributed by atoms with Crippen LogP contribution >= 0.6 is 0 Å². The number of hydrogen-bond acceptors (Lipinski definition) is 2. The highest BCUT2D eigenvalue weighted by molar-refractivity contribution is 5.65. The maximum Gasteiger partial charge on any atom is 0.422 e. The van der Waals surface area contributed by atoms with E-state index in [2.05, 4.69) is 4.98 Å². The highest BCUT2D eigenvalue weighted by Crippen LogP contribution is 2.28. The minimum Gasteiger partial charge on any atom is -0.482 e. The van der Waals surface area contributed by atoms with Gasteiger partial charge in [-0.05, 0) is 12.1 Å². The van der Waals surface area contributed by atoms with E-state index in [0.717, 1.165) is 5.56 Å². The summed E-state index contributed by atoms with van der Waals surface area (Å²) in [7, 11) is 0. The van der Waals surface area contributed by atoms with E-state index in [9.17, 15) is 13.2 Å². The van der Waals surface area contributed by atoms with Gasteiger partial charge in [-0.25, -0.2) is 0 Å². The van der Waals surface area contributed by atoms with E-state index in [1.807, 2.05) is 6.07 Å². The molecule has 18 heavy (non-hydrogen) atoms. The Morgan fingerprint density at radius 2 is 1.72 bits per heavy atom. The van der Waals surface area contributed by atoms with Crippen LogP contribution in [0.5, 0.6) is 5.75 Å². The molecule has 1 heterocycles. The second-order valence-electron chi connectivity index (χ2n) is 3.62. The molecule has 2 aromatic rings. The fourth-order valence-electron chi connectivity index (χ4n) is 1.48. The monoisotopic (exact) mass is 253 g/mol. The molecule has 94 valence electrons. The smallest absolute Gasteiger partial charge is 0.422 e. The maximum absolute atomic E-state index is 12.1. The van der Waals surface area contributed by atoms with Crippen molar-refractivity contribution in [1.29, 1.82) is 0 Å². The van der Waals surface area contributed by atoms with Crippen LogP contribution in [0.15, 0.2) is 48.7 Å². The zero-order valence-electron chi connectivity index (χ0n) is 9.32. The number of nitrogens with zero attached hydrogens (tertiary/aromatic N) is 1. The van der Waals surface area contributed by atoms with Crippen molar-refractivity contribution in [2.75, 3.05) is 6.61 Å². The summed E-state index contributed by atoms with van der Waals surface area (Å²) >= 11 is 0. The van der Waals surface area contributed by atoms with Gasteiger partial charge in [0.1, 0.15) is 11.4 Å². The van der Waals surface area contributed by atoms with Crippen molar-refractivity contribution in [2.24, 2.45) is 0 Å². The second kappa shape index (κ2) is 5.08. The molecule has 0 bridgehead atoms. The van der Waals surface area contributed by atoms with Crippen LogP contribution in [0, 0.1) is 0 Å². The first kappa shape index (κ1) is 12.4. The van der Waals surface area contributed by atoms with Gasteiger partial charge in [0.15, 0.2) is 6.61 Å². The highest BCUT2D eigenvalue weighted by Gasteiger charge is 2.28. The molecular weight excluding hydrogens is 243 g/mol. The largest absolute Gasteiger partial charge is 0.482 e. The minimum absolute atomic E-state index is 0.126. The molecule has 0 atom stereocenters. The first-order valence-electron chi connectivity index (χ1n) is 5.26. The summed E-state index contributed by atoms with van der Waals surface area (Å²) in [6.45, 7) is -1.32. The Balaban J connectivity index is 2.27. The molecular formula is C13H10F3NO. The third-order valence-corrected chi connectivity index (χ3v) is 2.21. The lowest BCUT2D eigenvalue weighted by atomic mass is 10.1. The van der Waals surface area contributed by atoms with Crippen molar-refractivity contribution >= 4 is 0 Å². The number of aromatic nitrogens is 1. The molecule has 2 nitrogen and oxygen atoms in total. The second-order valence-corrected chi connectivity index (χ2v) is 3.62.